The van der Waals surface area contributed by atoms with Gasteiger partial charge in [0.2, 0.25) is 0 Å². The van der Waals surface area contributed by atoms with E-state index in [0.717, 1.165) is 0 Å². The summed E-state index contributed by atoms with van der Waals surface area (Å²) in [5, 5.41) is 18.3. The zero-order valence-electron chi connectivity index (χ0n) is 8.32. The number of hydrogen-bond acceptors (Lipinski definition) is 3. The van der Waals surface area contributed by atoms with Crippen molar-refractivity contribution in [1.29, 1.82) is 0 Å². The summed E-state index contributed by atoms with van der Waals surface area (Å²) >= 11 is 0. The SMILES string of the molecule is C=CCN(C)[C@](C)(C(=O)O)[C@@H](C)O. The van der Waals surface area contributed by atoms with E-state index in [1.165, 1.54) is 13.8 Å². The largest absolute Gasteiger partial charge is 0.480 e. The van der Waals surface area contributed by atoms with E-state index in [0.29, 0.717) is 6.54 Å². The fourth-order valence-corrected chi connectivity index (χ4v) is 1.04. The Morgan fingerprint density at radius 3 is 2.46 bits per heavy atom. The Morgan fingerprint density at radius 2 is 2.23 bits per heavy atom. The van der Waals surface area contributed by atoms with Gasteiger partial charge in [-0.1, -0.05) is 6.08 Å². The molecule has 0 aromatic heterocycles. The maximum absolute atomic E-state index is 10.9. The Morgan fingerprint density at radius 1 is 1.77 bits per heavy atom. The molecule has 76 valence electrons. The first kappa shape index (κ1) is 12.1. The predicted molar refractivity (Wildman–Crippen MR) is 50.5 cm³/mol. The van der Waals surface area contributed by atoms with Gasteiger partial charge >= 0.3 is 5.97 Å². The lowest BCUT2D eigenvalue weighted by Gasteiger charge is -2.36. The zero-order valence-corrected chi connectivity index (χ0v) is 8.32. The van der Waals surface area contributed by atoms with Crippen molar-refractivity contribution in [1.82, 2.24) is 4.90 Å². The fraction of sp³-hybridized carbons (Fsp3) is 0.667. The minimum Gasteiger partial charge on any atom is -0.480 e. The molecule has 4 nitrogen and oxygen atoms in total. The van der Waals surface area contributed by atoms with Crippen molar-refractivity contribution in [3.05, 3.63) is 12.7 Å². The molecule has 13 heavy (non-hydrogen) atoms. The monoisotopic (exact) mass is 187 g/mol. The van der Waals surface area contributed by atoms with Gasteiger partial charge in [0.1, 0.15) is 5.54 Å². The molecule has 4 heteroatoms. The summed E-state index contributed by atoms with van der Waals surface area (Å²) < 4.78 is 0. The van der Waals surface area contributed by atoms with Gasteiger partial charge in [0.15, 0.2) is 0 Å². The number of nitrogens with zero attached hydrogens (tertiary/aromatic N) is 1. The highest BCUT2D eigenvalue weighted by Crippen LogP contribution is 2.18. The zero-order chi connectivity index (χ0) is 10.6. The van der Waals surface area contributed by atoms with Gasteiger partial charge in [0, 0.05) is 6.54 Å². The number of aliphatic carboxylic acids is 1. The minimum absolute atomic E-state index is 0.424. The fourth-order valence-electron chi connectivity index (χ4n) is 1.04. The second kappa shape index (κ2) is 4.39. The van der Waals surface area contributed by atoms with Crippen LogP contribution in [0.5, 0.6) is 0 Å². The Hall–Kier alpha value is -0.870. The van der Waals surface area contributed by atoms with E-state index in [-0.39, 0.29) is 0 Å². The first-order valence-electron chi connectivity index (χ1n) is 4.11. The molecule has 2 N–H and O–H groups in total. The number of likely N-dealkylation sites (N-methyl/N-ethyl adjacent to an activating group) is 1. The third-order valence-electron chi connectivity index (χ3n) is 2.44. The molecular formula is C9H17NO3. The van der Waals surface area contributed by atoms with Crippen molar-refractivity contribution >= 4 is 5.97 Å². The topological polar surface area (TPSA) is 60.8 Å². The third-order valence-corrected chi connectivity index (χ3v) is 2.44. The summed E-state index contributed by atoms with van der Waals surface area (Å²) in [7, 11) is 1.64. The molecule has 0 aliphatic rings. The molecule has 0 aromatic rings. The lowest BCUT2D eigenvalue weighted by Crippen LogP contribution is -2.57. The van der Waals surface area contributed by atoms with Gasteiger partial charge in [-0.15, -0.1) is 6.58 Å². The Kier molecular flexibility index (Phi) is 4.10. The van der Waals surface area contributed by atoms with Crippen molar-refractivity contribution in [2.45, 2.75) is 25.5 Å². The number of rotatable bonds is 5. The molecule has 0 saturated carbocycles. The van der Waals surface area contributed by atoms with Crippen molar-refractivity contribution in [2.24, 2.45) is 0 Å². The van der Waals surface area contributed by atoms with Crippen molar-refractivity contribution < 1.29 is 15.0 Å². The van der Waals surface area contributed by atoms with Gasteiger partial charge in [0.25, 0.3) is 0 Å². The maximum atomic E-state index is 10.9. The number of aliphatic hydroxyl groups excluding tert-OH is 1. The van der Waals surface area contributed by atoms with Crippen LogP contribution in [0.2, 0.25) is 0 Å². The first-order valence-corrected chi connectivity index (χ1v) is 4.11. The van der Waals surface area contributed by atoms with Gasteiger partial charge in [-0.25, -0.2) is 0 Å². The molecule has 0 spiro atoms. The Bertz CT molecular complexity index is 203. The average molecular weight is 187 g/mol. The molecular weight excluding hydrogens is 170 g/mol. The molecule has 0 fully saturated rings. The lowest BCUT2D eigenvalue weighted by molar-refractivity contribution is -0.156. The van der Waals surface area contributed by atoms with E-state index < -0.39 is 17.6 Å². The predicted octanol–water partition coefficient (Wildman–Crippen LogP) is 0.328. The summed E-state index contributed by atoms with van der Waals surface area (Å²) in [5.41, 5.74) is -1.26. The summed E-state index contributed by atoms with van der Waals surface area (Å²) in [6.07, 6.45) is 0.666. The standard InChI is InChI=1S/C9H17NO3/c1-5-6-10(4)9(3,7(2)11)8(12)13/h5,7,11H,1,6H2,2-4H3,(H,12,13)/t7-,9+/m1/s1. The lowest BCUT2D eigenvalue weighted by atomic mass is 9.94. The van der Waals surface area contributed by atoms with E-state index in [1.54, 1.807) is 18.0 Å². The van der Waals surface area contributed by atoms with E-state index in [9.17, 15) is 9.90 Å². The van der Waals surface area contributed by atoms with Crippen LogP contribution in [0.1, 0.15) is 13.8 Å². The van der Waals surface area contributed by atoms with Crippen LogP contribution in [0.15, 0.2) is 12.7 Å². The normalized spacial score (nSPS) is 17.9. The van der Waals surface area contributed by atoms with Crippen molar-refractivity contribution in [3.8, 4) is 0 Å². The molecule has 2 atom stereocenters. The van der Waals surface area contributed by atoms with E-state index >= 15 is 0 Å². The molecule has 0 radical (unpaired) electrons. The summed E-state index contributed by atoms with van der Waals surface area (Å²) in [6.45, 7) is 6.90. The Labute approximate surface area is 78.5 Å². The molecule has 0 aliphatic heterocycles. The van der Waals surface area contributed by atoms with E-state index in [4.69, 9.17) is 5.11 Å². The highest BCUT2D eigenvalue weighted by molar-refractivity contribution is 5.79. The molecule has 0 saturated heterocycles. The number of carboxylic acid groups (broad SMARTS) is 1. The van der Waals surface area contributed by atoms with Crippen LogP contribution in [0.4, 0.5) is 0 Å². The number of carboxylic acids is 1. The summed E-state index contributed by atoms with van der Waals surface area (Å²) in [4.78, 5) is 12.5. The molecule has 0 aliphatic carbocycles. The molecule has 0 aromatic carbocycles. The minimum atomic E-state index is -1.26. The average Bonchev–Trinajstić information content (AvgIpc) is 2.02. The summed E-state index contributed by atoms with van der Waals surface area (Å²) in [5.74, 6) is -1.04. The smallest absolute Gasteiger partial charge is 0.326 e. The van der Waals surface area contributed by atoms with Crippen LogP contribution < -0.4 is 0 Å². The first-order chi connectivity index (χ1) is 5.87. The number of carbonyl (C=O) groups is 1. The molecule has 0 rings (SSSR count). The van der Waals surface area contributed by atoms with Gasteiger partial charge in [-0.3, -0.25) is 9.69 Å². The number of aliphatic hydroxyl groups is 1. The molecule has 0 unspecified atom stereocenters. The van der Waals surface area contributed by atoms with Crippen molar-refractivity contribution in [3.63, 3.8) is 0 Å². The van der Waals surface area contributed by atoms with Crippen LogP contribution in [0.3, 0.4) is 0 Å². The Balaban J connectivity index is 4.77. The van der Waals surface area contributed by atoms with Gasteiger partial charge in [-0.2, -0.15) is 0 Å². The summed E-state index contributed by atoms with van der Waals surface area (Å²) in [6, 6.07) is 0. The quantitative estimate of drug-likeness (QED) is 0.609. The maximum Gasteiger partial charge on any atom is 0.326 e. The molecule has 0 heterocycles. The third kappa shape index (κ3) is 2.29. The molecule has 0 amide bonds. The van der Waals surface area contributed by atoms with E-state index in [2.05, 4.69) is 6.58 Å². The number of hydrogen-bond donors (Lipinski definition) is 2. The van der Waals surface area contributed by atoms with Gasteiger partial charge < -0.3 is 10.2 Å². The van der Waals surface area contributed by atoms with Crippen LogP contribution in [-0.2, 0) is 4.79 Å². The van der Waals surface area contributed by atoms with Crippen LogP contribution >= 0.6 is 0 Å². The second-order valence-electron chi connectivity index (χ2n) is 3.30. The highest BCUT2D eigenvalue weighted by atomic mass is 16.4. The highest BCUT2D eigenvalue weighted by Gasteiger charge is 2.41. The van der Waals surface area contributed by atoms with Crippen LogP contribution in [0, 0.1) is 0 Å². The van der Waals surface area contributed by atoms with Crippen LogP contribution in [0.25, 0.3) is 0 Å². The van der Waals surface area contributed by atoms with Crippen molar-refractivity contribution in [2.75, 3.05) is 13.6 Å². The van der Waals surface area contributed by atoms with E-state index in [1.807, 2.05) is 0 Å². The van der Waals surface area contributed by atoms with Crippen LogP contribution in [-0.4, -0.2) is 46.3 Å². The van der Waals surface area contributed by atoms with Gasteiger partial charge in [-0.05, 0) is 20.9 Å². The molecule has 0 bridgehead atoms. The van der Waals surface area contributed by atoms with Gasteiger partial charge in [0.05, 0.1) is 6.10 Å². The second-order valence-corrected chi connectivity index (χ2v) is 3.30.